The number of H-pyrrole nitrogens is 1. The number of rotatable bonds is 3. The molecule has 0 fully saturated rings. The zero-order chi connectivity index (χ0) is 16.5. The van der Waals surface area contributed by atoms with Crippen LogP contribution in [0.3, 0.4) is 0 Å². The quantitative estimate of drug-likeness (QED) is 0.603. The van der Waals surface area contributed by atoms with Crippen molar-refractivity contribution in [3.05, 3.63) is 84.2 Å². The fraction of sp³-hybridized carbons (Fsp3) is 0.0526. The first-order valence-electron chi connectivity index (χ1n) is 7.62. The highest BCUT2D eigenvalue weighted by molar-refractivity contribution is 5.82. The van der Waals surface area contributed by atoms with Gasteiger partial charge in [-0.1, -0.05) is 18.2 Å². The molecule has 0 amide bonds. The van der Waals surface area contributed by atoms with Gasteiger partial charge in [0.25, 0.3) is 0 Å². The number of aromatic amines is 1. The molecule has 5 heteroatoms. The number of pyridine rings is 1. The molecule has 3 N–H and O–H groups in total. The number of fused-ring (bicyclic) bond motifs is 1. The number of benzene rings is 2. The lowest BCUT2D eigenvalue weighted by Gasteiger charge is -2.08. The molecule has 0 radical (unpaired) electrons. The number of hydrogen-bond acceptors (Lipinski definition) is 3. The van der Waals surface area contributed by atoms with Crippen molar-refractivity contribution >= 4 is 11.0 Å². The maximum Gasteiger partial charge on any atom is 0.128 e. The van der Waals surface area contributed by atoms with Gasteiger partial charge in [0, 0.05) is 12.4 Å². The van der Waals surface area contributed by atoms with Gasteiger partial charge in [-0.25, -0.2) is 9.37 Å². The van der Waals surface area contributed by atoms with Crippen molar-refractivity contribution in [1.82, 2.24) is 15.0 Å². The minimum atomic E-state index is -0.502. The van der Waals surface area contributed by atoms with Gasteiger partial charge in [0.1, 0.15) is 11.6 Å². The highest BCUT2D eigenvalue weighted by Gasteiger charge is 2.14. The summed E-state index contributed by atoms with van der Waals surface area (Å²) in [6, 6.07) is 15.7. The van der Waals surface area contributed by atoms with Crippen molar-refractivity contribution < 1.29 is 4.39 Å². The maximum absolute atomic E-state index is 13.4. The summed E-state index contributed by atoms with van der Waals surface area (Å²) in [5.41, 5.74) is 10.8. The van der Waals surface area contributed by atoms with E-state index in [1.807, 2.05) is 30.3 Å². The predicted octanol–water partition coefficient (Wildman–Crippen LogP) is 3.81. The summed E-state index contributed by atoms with van der Waals surface area (Å²) >= 11 is 0. The van der Waals surface area contributed by atoms with Gasteiger partial charge in [0.2, 0.25) is 0 Å². The minimum absolute atomic E-state index is 0.306. The number of nitrogens with one attached hydrogen (secondary N) is 1. The highest BCUT2D eigenvalue weighted by Crippen LogP contribution is 2.25. The smallest absolute Gasteiger partial charge is 0.128 e. The average Bonchev–Trinajstić information content (AvgIpc) is 3.05. The summed E-state index contributed by atoms with van der Waals surface area (Å²) in [6.07, 6.45) is 3.52. The van der Waals surface area contributed by atoms with E-state index in [0.29, 0.717) is 11.4 Å². The topological polar surface area (TPSA) is 67.6 Å². The van der Waals surface area contributed by atoms with Crippen molar-refractivity contribution in [2.24, 2.45) is 5.73 Å². The molecule has 0 saturated carbocycles. The van der Waals surface area contributed by atoms with Crippen molar-refractivity contribution in [3.63, 3.8) is 0 Å². The van der Waals surface area contributed by atoms with E-state index < -0.39 is 6.04 Å². The fourth-order valence-corrected chi connectivity index (χ4v) is 2.75. The van der Waals surface area contributed by atoms with Crippen LogP contribution in [0.4, 0.5) is 4.39 Å². The SMILES string of the molecule is NC(c1cccc(F)c1)c1nc2cc(-c3ccncc3)ccc2[nH]1. The molecule has 1 unspecified atom stereocenters. The Morgan fingerprint density at radius 2 is 1.79 bits per heavy atom. The molecule has 0 bridgehead atoms. The Bertz CT molecular complexity index is 995. The zero-order valence-corrected chi connectivity index (χ0v) is 12.8. The molecule has 2 aromatic carbocycles. The lowest BCUT2D eigenvalue weighted by Crippen LogP contribution is -2.13. The second-order valence-electron chi connectivity index (χ2n) is 5.62. The molecule has 0 aliphatic rings. The van der Waals surface area contributed by atoms with Gasteiger partial charge in [-0.05, 0) is 53.1 Å². The van der Waals surface area contributed by atoms with E-state index in [2.05, 4.69) is 15.0 Å². The van der Waals surface area contributed by atoms with Crippen molar-refractivity contribution in [2.45, 2.75) is 6.04 Å². The standard InChI is InChI=1S/C19H15FN4/c20-15-3-1-2-14(10-15)18(21)19-23-16-5-4-13(11-17(16)24-19)12-6-8-22-9-7-12/h1-11,18H,21H2,(H,23,24). The van der Waals surface area contributed by atoms with Crippen LogP contribution in [-0.4, -0.2) is 15.0 Å². The second kappa shape index (κ2) is 5.86. The molecule has 0 saturated heterocycles. The Morgan fingerprint density at radius 3 is 2.58 bits per heavy atom. The lowest BCUT2D eigenvalue weighted by atomic mass is 10.1. The van der Waals surface area contributed by atoms with E-state index in [9.17, 15) is 4.39 Å². The van der Waals surface area contributed by atoms with Gasteiger partial charge < -0.3 is 10.7 Å². The lowest BCUT2D eigenvalue weighted by molar-refractivity contribution is 0.622. The van der Waals surface area contributed by atoms with E-state index in [0.717, 1.165) is 22.2 Å². The third-order valence-corrected chi connectivity index (χ3v) is 4.02. The van der Waals surface area contributed by atoms with E-state index in [1.165, 1.54) is 12.1 Å². The average molecular weight is 318 g/mol. The molecule has 24 heavy (non-hydrogen) atoms. The first-order chi connectivity index (χ1) is 11.7. The normalized spacial score (nSPS) is 12.4. The summed E-state index contributed by atoms with van der Waals surface area (Å²) in [5, 5.41) is 0. The van der Waals surface area contributed by atoms with Gasteiger partial charge in [0.05, 0.1) is 17.1 Å². The van der Waals surface area contributed by atoms with Crippen LogP contribution in [-0.2, 0) is 0 Å². The van der Waals surface area contributed by atoms with Crippen molar-refractivity contribution in [1.29, 1.82) is 0 Å². The molecular weight excluding hydrogens is 303 g/mol. The van der Waals surface area contributed by atoms with Gasteiger partial charge in [-0.3, -0.25) is 4.98 Å². The first-order valence-corrected chi connectivity index (χ1v) is 7.62. The second-order valence-corrected chi connectivity index (χ2v) is 5.62. The summed E-state index contributed by atoms with van der Waals surface area (Å²) < 4.78 is 13.4. The van der Waals surface area contributed by atoms with Crippen LogP contribution in [0.2, 0.25) is 0 Å². The highest BCUT2D eigenvalue weighted by atomic mass is 19.1. The van der Waals surface area contributed by atoms with Crippen LogP contribution in [0, 0.1) is 5.82 Å². The molecule has 4 aromatic rings. The molecule has 4 nitrogen and oxygen atoms in total. The van der Waals surface area contributed by atoms with Gasteiger partial charge in [-0.2, -0.15) is 0 Å². The van der Waals surface area contributed by atoms with Gasteiger partial charge in [-0.15, -0.1) is 0 Å². The third kappa shape index (κ3) is 2.66. The first kappa shape index (κ1) is 14.5. The van der Waals surface area contributed by atoms with Crippen LogP contribution in [0.25, 0.3) is 22.2 Å². The zero-order valence-electron chi connectivity index (χ0n) is 12.8. The Hall–Kier alpha value is -3.05. The van der Waals surface area contributed by atoms with Crippen LogP contribution < -0.4 is 5.73 Å². The predicted molar refractivity (Wildman–Crippen MR) is 91.8 cm³/mol. The van der Waals surface area contributed by atoms with Crippen LogP contribution in [0.5, 0.6) is 0 Å². The van der Waals surface area contributed by atoms with E-state index >= 15 is 0 Å². The third-order valence-electron chi connectivity index (χ3n) is 4.02. The van der Waals surface area contributed by atoms with Crippen LogP contribution >= 0.6 is 0 Å². The van der Waals surface area contributed by atoms with E-state index in [-0.39, 0.29) is 5.82 Å². The molecule has 0 aliphatic heterocycles. The molecule has 1 atom stereocenters. The van der Waals surface area contributed by atoms with E-state index in [4.69, 9.17) is 5.73 Å². The summed E-state index contributed by atoms with van der Waals surface area (Å²) in [6.45, 7) is 0. The number of hydrogen-bond donors (Lipinski definition) is 2. The number of imidazole rings is 1. The fourth-order valence-electron chi connectivity index (χ4n) is 2.75. The Labute approximate surface area is 138 Å². The van der Waals surface area contributed by atoms with Crippen LogP contribution in [0.15, 0.2) is 67.0 Å². The molecule has 2 aromatic heterocycles. The summed E-state index contributed by atoms with van der Waals surface area (Å²) in [5.74, 6) is 0.307. The summed E-state index contributed by atoms with van der Waals surface area (Å²) in [4.78, 5) is 11.8. The molecular formula is C19H15FN4. The Morgan fingerprint density at radius 1 is 0.958 bits per heavy atom. The molecule has 0 spiro atoms. The molecule has 0 aliphatic carbocycles. The van der Waals surface area contributed by atoms with Crippen molar-refractivity contribution in [3.8, 4) is 11.1 Å². The maximum atomic E-state index is 13.4. The van der Waals surface area contributed by atoms with Gasteiger partial charge >= 0.3 is 0 Å². The molecule has 2 heterocycles. The van der Waals surface area contributed by atoms with Crippen LogP contribution in [0.1, 0.15) is 17.4 Å². The van der Waals surface area contributed by atoms with Gasteiger partial charge in [0.15, 0.2) is 0 Å². The molecule has 4 rings (SSSR count). The molecule has 118 valence electrons. The van der Waals surface area contributed by atoms with Crippen molar-refractivity contribution in [2.75, 3.05) is 0 Å². The Balaban J connectivity index is 1.73. The largest absolute Gasteiger partial charge is 0.340 e. The summed E-state index contributed by atoms with van der Waals surface area (Å²) in [7, 11) is 0. The number of nitrogens with zero attached hydrogens (tertiary/aromatic N) is 2. The number of nitrogens with two attached hydrogens (primary N) is 1. The monoisotopic (exact) mass is 318 g/mol. The van der Waals surface area contributed by atoms with E-state index in [1.54, 1.807) is 24.5 Å². The number of aromatic nitrogens is 3. The minimum Gasteiger partial charge on any atom is -0.340 e. The Kier molecular flexibility index (Phi) is 3.55. The number of halogens is 1.